The highest BCUT2D eigenvalue weighted by Crippen LogP contribution is 2.20. The van der Waals surface area contributed by atoms with Gasteiger partial charge in [-0.15, -0.1) is 0 Å². The third kappa shape index (κ3) is 3.29. The third-order valence-corrected chi connectivity index (χ3v) is 3.54. The highest BCUT2D eigenvalue weighted by molar-refractivity contribution is 5.78. The van der Waals surface area contributed by atoms with Crippen LogP contribution in [0.25, 0.3) is 0 Å². The number of carbonyl (C=O) groups excluding carboxylic acids is 1. The zero-order valence-corrected chi connectivity index (χ0v) is 10.8. The molecule has 1 saturated carbocycles. The van der Waals surface area contributed by atoms with Crippen molar-refractivity contribution >= 4 is 5.97 Å². The van der Waals surface area contributed by atoms with Gasteiger partial charge in [0.2, 0.25) is 0 Å². The molecule has 0 amide bonds. The minimum atomic E-state index is -0.260. The molecule has 0 saturated heterocycles. The van der Waals surface area contributed by atoms with Crippen molar-refractivity contribution in [2.24, 2.45) is 0 Å². The Bertz CT molecular complexity index is 375. The van der Waals surface area contributed by atoms with Crippen molar-refractivity contribution in [2.75, 3.05) is 13.7 Å². The van der Waals surface area contributed by atoms with Crippen LogP contribution >= 0.6 is 0 Å². The van der Waals surface area contributed by atoms with E-state index in [2.05, 4.69) is 10.3 Å². The van der Waals surface area contributed by atoms with E-state index in [0.717, 1.165) is 5.56 Å². The molecule has 1 aromatic rings. The van der Waals surface area contributed by atoms with Crippen LogP contribution in [0.2, 0.25) is 0 Å². The Labute approximate surface area is 108 Å². The molecule has 0 radical (unpaired) electrons. The highest BCUT2D eigenvalue weighted by atomic mass is 16.5. The van der Waals surface area contributed by atoms with Crippen LogP contribution in [0.4, 0.5) is 0 Å². The van der Waals surface area contributed by atoms with Crippen LogP contribution in [-0.4, -0.2) is 30.6 Å². The predicted octanol–water partition coefficient (Wildman–Crippen LogP) is 1.87. The monoisotopic (exact) mass is 248 g/mol. The molecule has 18 heavy (non-hydrogen) atoms. The molecule has 1 atom stereocenters. The molecule has 0 bridgehead atoms. The van der Waals surface area contributed by atoms with Gasteiger partial charge >= 0.3 is 5.97 Å². The topological polar surface area (TPSA) is 51.2 Å². The number of nitrogens with zero attached hydrogens (tertiary/aromatic N) is 1. The van der Waals surface area contributed by atoms with Crippen LogP contribution in [-0.2, 0) is 9.53 Å². The van der Waals surface area contributed by atoms with E-state index in [1.165, 1.54) is 32.8 Å². The fourth-order valence-electron chi connectivity index (χ4n) is 2.48. The lowest BCUT2D eigenvalue weighted by Gasteiger charge is -2.18. The van der Waals surface area contributed by atoms with Crippen molar-refractivity contribution < 1.29 is 9.53 Å². The van der Waals surface area contributed by atoms with Gasteiger partial charge in [-0.2, -0.15) is 0 Å². The lowest BCUT2D eigenvalue weighted by atomic mass is 10.0. The maximum atomic E-state index is 11.8. The SMILES string of the molecule is COC(=O)C(CNC1CCCC1)c1cccnc1. The molecule has 0 spiro atoms. The Hall–Kier alpha value is -1.42. The van der Waals surface area contributed by atoms with Crippen LogP contribution < -0.4 is 5.32 Å². The van der Waals surface area contributed by atoms with Gasteiger partial charge < -0.3 is 10.1 Å². The molecule has 4 nitrogen and oxygen atoms in total. The second kappa shape index (κ2) is 6.50. The number of aromatic nitrogens is 1. The van der Waals surface area contributed by atoms with Gasteiger partial charge in [0.15, 0.2) is 0 Å². The van der Waals surface area contributed by atoms with Crippen LogP contribution in [0.5, 0.6) is 0 Å². The second-order valence-electron chi connectivity index (χ2n) is 4.75. The number of rotatable bonds is 5. The Balaban J connectivity index is 1.99. The average molecular weight is 248 g/mol. The number of carbonyl (C=O) groups is 1. The standard InChI is InChI=1S/C14H20N2O2/c1-18-14(17)13(11-5-4-8-15-9-11)10-16-12-6-2-3-7-12/h4-5,8-9,12-13,16H,2-3,6-7,10H2,1H3. The van der Waals surface area contributed by atoms with E-state index >= 15 is 0 Å². The Morgan fingerprint density at radius 2 is 2.33 bits per heavy atom. The number of ether oxygens (including phenoxy) is 1. The number of nitrogens with one attached hydrogen (secondary N) is 1. The molecular formula is C14H20N2O2. The van der Waals surface area contributed by atoms with Crippen molar-refractivity contribution in [2.45, 2.75) is 37.6 Å². The van der Waals surface area contributed by atoms with Gasteiger partial charge in [-0.3, -0.25) is 9.78 Å². The summed E-state index contributed by atoms with van der Waals surface area (Å²) in [5.74, 6) is -0.460. The number of hydrogen-bond donors (Lipinski definition) is 1. The van der Waals surface area contributed by atoms with E-state index in [0.29, 0.717) is 12.6 Å². The first-order chi connectivity index (χ1) is 8.81. The van der Waals surface area contributed by atoms with Gasteiger partial charge in [0, 0.05) is 25.0 Å². The van der Waals surface area contributed by atoms with Crippen molar-refractivity contribution in [3.05, 3.63) is 30.1 Å². The van der Waals surface area contributed by atoms with E-state index in [1.807, 2.05) is 12.1 Å². The zero-order chi connectivity index (χ0) is 12.8. The van der Waals surface area contributed by atoms with Crippen LogP contribution in [0.3, 0.4) is 0 Å². The number of hydrogen-bond acceptors (Lipinski definition) is 4. The fourth-order valence-corrected chi connectivity index (χ4v) is 2.48. The summed E-state index contributed by atoms with van der Waals surface area (Å²) in [7, 11) is 1.43. The molecule has 4 heteroatoms. The summed E-state index contributed by atoms with van der Waals surface area (Å²) in [5.41, 5.74) is 0.912. The molecule has 1 aromatic heterocycles. The largest absolute Gasteiger partial charge is 0.469 e. The molecule has 1 aliphatic rings. The molecule has 98 valence electrons. The first-order valence-corrected chi connectivity index (χ1v) is 6.52. The Kier molecular flexibility index (Phi) is 4.70. The first kappa shape index (κ1) is 13.0. The molecule has 2 rings (SSSR count). The molecule has 1 heterocycles. The minimum Gasteiger partial charge on any atom is -0.469 e. The molecule has 0 aromatic carbocycles. The summed E-state index contributed by atoms with van der Waals surface area (Å²) in [5, 5.41) is 3.47. The lowest BCUT2D eigenvalue weighted by Crippen LogP contribution is -2.33. The Morgan fingerprint density at radius 1 is 1.56 bits per heavy atom. The van der Waals surface area contributed by atoms with Crippen LogP contribution in [0.15, 0.2) is 24.5 Å². The predicted molar refractivity (Wildman–Crippen MR) is 69.3 cm³/mol. The van der Waals surface area contributed by atoms with Gasteiger partial charge in [-0.25, -0.2) is 0 Å². The molecule has 1 N–H and O–H groups in total. The molecule has 1 unspecified atom stereocenters. The highest BCUT2D eigenvalue weighted by Gasteiger charge is 2.23. The zero-order valence-electron chi connectivity index (χ0n) is 10.8. The third-order valence-electron chi connectivity index (χ3n) is 3.54. The number of pyridine rings is 1. The van der Waals surface area contributed by atoms with E-state index in [1.54, 1.807) is 12.4 Å². The van der Waals surface area contributed by atoms with Gasteiger partial charge in [0.05, 0.1) is 13.0 Å². The second-order valence-corrected chi connectivity index (χ2v) is 4.75. The number of methoxy groups -OCH3 is 1. The quantitative estimate of drug-likeness (QED) is 0.808. The summed E-state index contributed by atoms with van der Waals surface area (Å²) in [4.78, 5) is 15.9. The van der Waals surface area contributed by atoms with Gasteiger partial charge in [0.25, 0.3) is 0 Å². The van der Waals surface area contributed by atoms with E-state index < -0.39 is 0 Å². The maximum absolute atomic E-state index is 11.8. The summed E-state index contributed by atoms with van der Waals surface area (Å²) < 4.78 is 4.88. The van der Waals surface area contributed by atoms with Gasteiger partial charge in [-0.05, 0) is 24.5 Å². The normalized spacial score (nSPS) is 17.6. The summed E-state index contributed by atoms with van der Waals surface area (Å²) in [6, 6.07) is 4.32. The van der Waals surface area contributed by atoms with Crippen molar-refractivity contribution in [1.29, 1.82) is 0 Å². The van der Waals surface area contributed by atoms with Crippen molar-refractivity contribution in [3.63, 3.8) is 0 Å². The lowest BCUT2D eigenvalue weighted by molar-refractivity contribution is -0.142. The summed E-state index contributed by atoms with van der Waals surface area (Å²) >= 11 is 0. The Morgan fingerprint density at radius 3 is 2.94 bits per heavy atom. The smallest absolute Gasteiger partial charge is 0.314 e. The van der Waals surface area contributed by atoms with Gasteiger partial charge in [0.1, 0.15) is 0 Å². The molecule has 1 fully saturated rings. The van der Waals surface area contributed by atoms with E-state index in [9.17, 15) is 4.79 Å². The van der Waals surface area contributed by atoms with E-state index in [-0.39, 0.29) is 11.9 Å². The van der Waals surface area contributed by atoms with Crippen molar-refractivity contribution in [3.8, 4) is 0 Å². The van der Waals surface area contributed by atoms with Gasteiger partial charge in [-0.1, -0.05) is 18.9 Å². The van der Waals surface area contributed by atoms with Crippen LogP contribution in [0.1, 0.15) is 37.2 Å². The maximum Gasteiger partial charge on any atom is 0.314 e. The van der Waals surface area contributed by atoms with Crippen molar-refractivity contribution in [1.82, 2.24) is 10.3 Å². The van der Waals surface area contributed by atoms with Crippen LogP contribution in [0, 0.1) is 0 Å². The fraction of sp³-hybridized carbons (Fsp3) is 0.571. The molecular weight excluding hydrogens is 228 g/mol. The summed E-state index contributed by atoms with van der Waals surface area (Å²) in [6.07, 6.45) is 8.43. The number of esters is 1. The van der Waals surface area contributed by atoms with E-state index in [4.69, 9.17) is 4.74 Å². The minimum absolute atomic E-state index is 0.200. The molecule has 0 aliphatic heterocycles. The first-order valence-electron chi connectivity index (χ1n) is 6.52. The summed E-state index contributed by atoms with van der Waals surface area (Å²) in [6.45, 7) is 0.628. The average Bonchev–Trinajstić information content (AvgIpc) is 2.93. The molecule has 1 aliphatic carbocycles.